The first kappa shape index (κ1) is 24.1. The van der Waals surface area contributed by atoms with E-state index in [9.17, 15) is 9.59 Å². The molecule has 0 unspecified atom stereocenters. The number of benzene rings is 1. The van der Waals surface area contributed by atoms with E-state index in [1.54, 1.807) is 29.6 Å². The number of nitrogens with zero attached hydrogens (tertiary/aromatic N) is 1. The van der Waals surface area contributed by atoms with Gasteiger partial charge >= 0.3 is 0 Å². The Morgan fingerprint density at radius 2 is 1.70 bits per heavy atom. The summed E-state index contributed by atoms with van der Waals surface area (Å²) in [5.74, 6) is 2.02. The van der Waals surface area contributed by atoms with Crippen LogP contribution in [0.2, 0.25) is 0 Å². The van der Waals surface area contributed by atoms with E-state index < -0.39 is 0 Å². The lowest BCUT2D eigenvalue weighted by molar-refractivity contribution is -0.119. The number of ether oxygens (including phenoxy) is 3. The predicted octanol–water partition coefficient (Wildman–Crippen LogP) is 4.49. The number of carbonyl (C=O) groups is 2. The quantitative estimate of drug-likeness (QED) is 0.422. The maximum atomic E-state index is 12.9. The SMILES string of the molecule is CCOc1cc(C(=O)Nc2nc(-c3ccc(CNC(C)=O)o3)cs2)cc(OCC)c1OCC. The van der Waals surface area contributed by atoms with Gasteiger partial charge in [-0.1, -0.05) is 0 Å². The monoisotopic (exact) mass is 473 g/mol. The Kier molecular flexibility index (Phi) is 8.31. The maximum absolute atomic E-state index is 12.9. The van der Waals surface area contributed by atoms with Gasteiger partial charge in [0.25, 0.3) is 5.91 Å². The van der Waals surface area contributed by atoms with Crippen molar-refractivity contribution in [2.45, 2.75) is 34.2 Å². The molecule has 0 aliphatic carbocycles. The van der Waals surface area contributed by atoms with Gasteiger partial charge in [0, 0.05) is 17.9 Å². The van der Waals surface area contributed by atoms with E-state index in [1.807, 2.05) is 20.8 Å². The molecule has 2 amide bonds. The smallest absolute Gasteiger partial charge is 0.257 e. The summed E-state index contributed by atoms with van der Waals surface area (Å²) in [5.41, 5.74) is 0.943. The predicted molar refractivity (Wildman–Crippen MR) is 125 cm³/mol. The highest BCUT2D eigenvalue weighted by Crippen LogP contribution is 2.39. The molecule has 0 spiro atoms. The summed E-state index contributed by atoms with van der Waals surface area (Å²) in [7, 11) is 0. The van der Waals surface area contributed by atoms with Gasteiger partial charge in [-0.25, -0.2) is 4.98 Å². The Balaban J connectivity index is 1.77. The number of hydrogen-bond acceptors (Lipinski definition) is 8. The first-order valence-corrected chi connectivity index (χ1v) is 11.5. The van der Waals surface area contributed by atoms with Gasteiger partial charge in [-0.2, -0.15) is 0 Å². The molecule has 33 heavy (non-hydrogen) atoms. The normalized spacial score (nSPS) is 10.5. The molecule has 176 valence electrons. The summed E-state index contributed by atoms with van der Waals surface area (Å²) >= 11 is 1.28. The Morgan fingerprint density at radius 1 is 1.03 bits per heavy atom. The van der Waals surface area contributed by atoms with Crippen LogP contribution in [0.5, 0.6) is 17.2 Å². The van der Waals surface area contributed by atoms with Gasteiger partial charge in [-0.05, 0) is 45.0 Å². The van der Waals surface area contributed by atoms with Crippen LogP contribution in [0.3, 0.4) is 0 Å². The van der Waals surface area contributed by atoms with Gasteiger partial charge in [-0.3, -0.25) is 14.9 Å². The second kappa shape index (κ2) is 11.4. The molecule has 2 heterocycles. The van der Waals surface area contributed by atoms with Crippen LogP contribution in [0.4, 0.5) is 5.13 Å². The third-order valence-electron chi connectivity index (χ3n) is 4.32. The zero-order valence-corrected chi connectivity index (χ0v) is 19.8. The number of anilines is 1. The molecule has 10 heteroatoms. The highest BCUT2D eigenvalue weighted by atomic mass is 32.1. The Bertz CT molecular complexity index is 1080. The number of carbonyl (C=O) groups excluding carboxylic acids is 2. The summed E-state index contributed by atoms with van der Waals surface area (Å²) in [5, 5.41) is 7.68. The van der Waals surface area contributed by atoms with Crippen molar-refractivity contribution in [3.63, 3.8) is 0 Å². The molecule has 0 aliphatic rings. The van der Waals surface area contributed by atoms with Gasteiger partial charge < -0.3 is 23.9 Å². The zero-order valence-electron chi connectivity index (χ0n) is 19.0. The van der Waals surface area contributed by atoms with Gasteiger partial charge in [0.05, 0.1) is 26.4 Å². The van der Waals surface area contributed by atoms with Crippen LogP contribution in [0, 0.1) is 0 Å². The fourth-order valence-electron chi connectivity index (χ4n) is 2.96. The molecule has 2 N–H and O–H groups in total. The van der Waals surface area contributed by atoms with Crippen LogP contribution in [0.1, 0.15) is 43.8 Å². The van der Waals surface area contributed by atoms with Gasteiger partial charge in [0.1, 0.15) is 11.5 Å². The molecule has 3 aromatic rings. The van der Waals surface area contributed by atoms with Gasteiger partial charge in [0.15, 0.2) is 22.4 Å². The van der Waals surface area contributed by atoms with Crippen LogP contribution in [-0.2, 0) is 11.3 Å². The molecule has 0 radical (unpaired) electrons. The summed E-state index contributed by atoms with van der Waals surface area (Å²) in [4.78, 5) is 28.4. The Morgan fingerprint density at radius 3 is 2.30 bits per heavy atom. The third kappa shape index (κ3) is 6.26. The zero-order chi connectivity index (χ0) is 23.8. The van der Waals surface area contributed by atoms with Crippen molar-refractivity contribution < 1.29 is 28.2 Å². The second-order valence-corrected chi connectivity index (χ2v) is 7.63. The molecule has 1 aromatic carbocycles. The number of nitrogens with one attached hydrogen (secondary N) is 2. The van der Waals surface area contributed by atoms with E-state index in [-0.39, 0.29) is 11.8 Å². The van der Waals surface area contributed by atoms with Crippen LogP contribution in [-0.4, -0.2) is 36.6 Å². The number of aromatic nitrogens is 1. The van der Waals surface area contributed by atoms with Crippen molar-refractivity contribution in [1.82, 2.24) is 10.3 Å². The fraction of sp³-hybridized carbons (Fsp3) is 0.348. The fourth-order valence-corrected chi connectivity index (χ4v) is 3.65. The van der Waals surface area contributed by atoms with Gasteiger partial charge in [0.2, 0.25) is 11.7 Å². The molecule has 9 nitrogen and oxygen atoms in total. The average molecular weight is 474 g/mol. The lowest BCUT2D eigenvalue weighted by Crippen LogP contribution is -2.18. The van der Waals surface area contributed by atoms with E-state index in [1.165, 1.54) is 18.3 Å². The topological polar surface area (TPSA) is 112 Å². The van der Waals surface area contributed by atoms with Crippen LogP contribution in [0.15, 0.2) is 34.1 Å². The minimum Gasteiger partial charge on any atom is -0.490 e. The number of thiazole rings is 1. The van der Waals surface area contributed by atoms with Crippen molar-refractivity contribution >= 4 is 28.3 Å². The lowest BCUT2D eigenvalue weighted by atomic mass is 10.1. The van der Waals surface area contributed by atoms with Crippen LogP contribution < -0.4 is 24.8 Å². The molecule has 0 bridgehead atoms. The number of furan rings is 1. The molecular weight excluding hydrogens is 446 g/mol. The minimum atomic E-state index is -0.355. The number of rotatable bonds is 11. The number of hydrogen-bond donors (Lipinski definition) is 2. The van der Waals surface area contributed by atoms with Crippen molar-refractivity contribution in [3.05, 3.63) is 41.0 Å². The van der Waals surface area contributed by atoms with Crippen LogP contribution in [0.25, 0.3) is 11.5 Å². The molecule has 0 saturated carbocycles. The van der Waals surface area contributed by atoms with Crippen molar-refractivity contribution in [3.8, 4) is 28.7 Å². The molecule has 0 aliphatic heterocycles. The second-order valence-electron chi connectivity index (χ2n) is 6.77. The summed E-state index contributed by atoms with van der Waals surface area (Å²) in [6.45, 7) is 8.59. The summed E-state index contributed by atoms with van der Waals surface area (Å²) in [6, 6.07) is 6.80. The number of amides is 2. The summed E-state index contributed by atoms with van der Waals surface area (Å²) < 4.78 is 22.8. The van der Waals surface area contributed by atoms with E-state index in [4.69, 9.17) is 18.6 Å². The average Bonchev–Trinajstić information content (AvgIpc) is 3.44. The lowest BCUT2D eigenvalue weighted by Gasteiger charge is -2.16. The highest BCUT2D eigenvalue weighted by Gasteiger charge is 2.19. The van der Waals surface area contributed by atoms with E-state index >= 15 is 0 Å². The minimum absolute atomic E-state index is 0.138. The molecular formula is C23H27N3O6S. The maximum Gasteiger partial charge on any atom is 0.257 e. The van der Waals surface area contributed by atoms with Gasteiger partial charge in [-0.15, -0.1) is 11.3 Å². The first-order valence-electron chi connectivity index (χ1n) is 10.6. The van der Waals surface area contributed by atoms with E-state index in [0.29, 0.717) is 71.5 Å². The standard InChI is InChI=1S/C23H27N3O6S/c1-5-29-19-10-15(11-20(30-6-2)21(19)31-7-3)22(28)26-23-25-17(13-33-23)18-9-8-16(32-18)12-24-14(4)27/h8-11,13H,5-7,12H2,1-4H3,(H,24,27)(H,25,26,28). The molecule has 0 saturated heterocycles. The molecule has 2 aromatic heterocycles. The Hall–Kier alpha value is -3.53. The molecule has 3 rings (SSSR count). The largest absolute Gasteiger partial charge is 0.490 e. The first-order chi connectivity index (χ1) is 15.9. The van der Waals surface area contributed by atoms with E-state index in [0.717, 1.165) is 0 Å². The molecule has 0 fully saturated rings. The van der Waals surface area contributed by atoms with Crippen molar-refractivity contribution in [1.29, 1.82) is 0 Å². The third-order valence-corrected chi connectivity index (χ3v) is 5.08. The highest BCUT2D eigenvalue weighted by molar-refractivity contribution is 7.14. The van der Waals surface area contributed by atoms with Crippen molar-refractivity contribution in [2.24, 2.45) is 0 Å². The van der Waals surface area contributed by atoms with Crippen LogP contribution >= 0.6 is 11.3 Å². The van der Waals surface area contributed by atoms with Crippen molar-refractivity contribution in [2.75, 3.05) is 25.1 Å². The van der Waals surface area contributed by atoms with E-state index in [2.05, 4.69) is 15.6 Å². The molecule has 0 atom stereocenters. The summed E-state index contributed by atoms with van der Waals surface area (Å²) in [6.07, 6.45) is 0. The Labute approximate surface area is 196 Å².